The van der Waals surface area contributed by atoms with Crippen LogP contribution in [0, 0.1) is 0 Å². The Morgan fingerprint density at radius 3 is 1.24 bits per heavy atom. The lowest BCUT2D eigenvalue weighted by Crippen LogP contribution is -2.74. The summed E-state index contributed by atoms with van der Waals surface area (Å²) in [6.07, 6.45) is -9.11. The van der Waals surface area contributed by atoms with Gasteiger partial charge in [-0.1, -0.05) is 40.2 Å². The van der Waals surface area contributed by atoms with Crippen molar-refractivity contribution in [1.82, 2.24) is 0 Å². The zero-order valence-corrected chi connectivity index (χ0v) is 16.9. The molecule has 0 aliphatic heterocycles. The average Bonchev–Trinajstić information content (AvgIpc) is 2.65. The minimum absolute atomic E-state index is 0.114. The summed E-state index contributed by atoms with van der Waals surface area (Å²) in [6.45, 7) is 0. The van der Waals surface area contributed by atoms with Crippen molar-refractivity contribution in [2.45, 2.75) is 47.6 Å². The van der Waals surface area contributed by atoms with E-state index in [2.05, 4.69) is 15.9 Å². The Balaban J connectivity index is 3.61. The fourth-order valence-electron chi connectivity index (χ4n) is 2.09. The van der Waals surface area contributed by atoms with E-state index in [1.807, 2.05) is 0 Å². The maximum absolute atomic E-state index is 13.7. The summed E-state index contributed by atoms with van der Waals surface area (Å²) in [5.74, 6) is -56.5. The van der Waals surface area contributed by atoms with Crippen molar-refractivity contribution in [3.05, 3.63) is 40.4 Å². The van der Waals surface area contributed by atoms with Gasteiger partial charge in [0.05, 0.1) is 0 Å². The standard InChI is InChI=1S/C16H6BrF17/c17-8-4-2-1-3-7(8)5-6-9(18,19)10(20,21)11(22,23)12(24,25)13(26,27)14(28,29)15(30,31)16(32,33)34/h1-6H/b6-5+. The second-order valence-corrected chi connectivity index (χ2v) is 7.28. The molecule has 1 aromatic rings. The van der Waals surface area contributed by atoms with Crippen molar-refractivity contribution in [2.75, 3.05) is 0 Å². The zero-order chi connectivity index (χ0) is 27.4. The van der Waals surface area contributed by atoms with Gasteiger partial charge in [0, 0.05) is 4.47 Å². The summed E-state index contributed by atoms with van der Waals surface area (Å²) in [5.41, 5.74) is -0.505. The Labute approximate surface area is 185 Å². The van der Waals surface area contributed by atoms with E-state index < -0.39 is 59.3 Å². The van der Waals surface area contributed by atoms with Gasteiger partial charge in [-0.3, -0.25) is 0 Å². The molecule has 0 spiro atoms. The van der Waals surface area contributed by atoms with Gasteiger partial charge in [-0.25, -0.2) is 0 Å². The number of alkyl halides is 17. The van der Waals surface area contributed by atoms with Gasteiger partial charge in [-0.15, -0.1) is 0 Å². The van der Waals surface area contributed by atoms with E-state index in [9.17, 15) is 74.6 Å². The lowest BCUT2D eigenvalue weighted by atomic mass is 9.89. The average molecular weight is 601 g/mol. The third-order valence-corrected chi connectivity index (χ3v) is 4.85. The van der Waals surface area contributed by atoms with Crippen molar-refractivity contribution in [2.24, 2.45) is 0 Å². The highest BCUT2D eigenvalue weighted by Gasteiger charge is 2.95. The van der Waals surface area contributed by atoms with Crippen molar-refractivity contribution in [1.29, 1.82) is 0 Å². The van der Waals surface area contributed by atoms with Crippen LogP contribution >= 0.6 is 15.9 Å². The second kappa shape index (κ2) is 8.43. The van der Waals surface area contributed by atoms with Gasteiger partial charge in [0.25, 0.3) is 0 Å². The van der Waals surface area contributed by atoms with Crippen molar-refractivity contribution in [3.63, 3.8) is 0 Å². The van der Waals surface area contributed by atoms with Crippen LogP contribution in [-0.2, 0) is 0 Å². The quantitative estimate of drug-likeness (QED) is 0.263. The molecule has 0 atom stereocenters. The van der Waals surface area contributed by atoms with Gasteiger partial charge in [0.15, 0.2) is 0 Å². The number of hydrogen-bond donors (Lipinski definition) is 0. The molecule has 0 saturated carbocycles. The third kappa shape index (κ3) is 4.23. The van der Waals surface area contributed by atoms with Crippen LogP contribution in [0.1, 0.15) is 5.56 Å². The molecule has 0 aliphatic rings. The molecule has 0 saturated heterocycles. The van der Waals surface area contributed by atoms with Crippen LogP contribution in [0.5, 0.6) is 0 Å². The molecule has 18 heteroatoms. The summed E-state index contributed by atoms with van der Waals surface area (Å²) >= 11 is 2.67. The lowest BCUT2D eigenvalue weighted by Gasteiger charge is -2.42. The van der Waals surface area contributed by atoms with Gasteiger partial charge in [0.1, 0.15) is 0 Å². The Kier molecular flexibility index (Phi) is 7.51. The molecule has 1 aromatic carbocycles. The highest BCUT2D eigenvalue weighted by atomic mass is 79.9. The first kappa shape index (κ1) is 30.3. The zero-order valence-electron chi connectivity index (χ0n) is 15.3. The van der Waals surface area contributed by atoms with E-state index >= 15 is 0 Å². The summed E-state index contributed by atoms with van der Waals surface area (Å²) in [4.78, 5) is 0. The maximum Gasteiger partial charge on any atom is 0.460 e. The molecule has 0 aromatic heterocycles. The minimum Gasteiger partial charge on any atom is -0.195 e. The fraction of sp³-hybridized carbons (Fsp3) is 0.500. The molecule has 0 unspecified atom stereocenters. The minimum atomic E-state index is -8.63. The first-order valence-electron chi connectivity index (χ1n) is 7.89. The molecule has 34 heavy (non-hydrogen) atoms. The van der Waals surface area contributed by atoms with Gasteiger partial charge in [0.2, 0.25) is 0 Å². The van der Waals surface area contributed by atoms with Gasteiger partial charge >= 0.3 is 47.6 Å². The number of halogens is 18. The number of benzene rings is 1. The largest absolute Gasteiger partial charge is 0.460 e. The van der Waals surface area contributed by atoms with Crippen LogP contribution in [0.15, 0.2) is 34.8 Å². The maximum atomic E-state index is 13.7. The van der Waals surface area contributed by atoms with E-state index in [1.54, 1.807) is 0 Å². The molecule has 0 amide bonds. The Bertz CT molecular complexity index is 912. The topological polar surface area (TPSA) is 0 Å². The van der Waals surface area contributed by atoms with Crippen molar-refractivity contribution in [3.8, 4) is 0 Å². The summed E-state index contributed by atoms with van der Waals surface area (Å²) in [6, 6.07) is 4.21. The van der Waals surface area contributed by atoms with E-state index in [4.69, 9.17) is 0 Å². The second-order valence-electron chi connectivity index (χ2n) is 6.42. The summed E-state index contributed by atoms with van der Waals surface area (Å²) in [5, 5.41) is 0. The predicted octanol–water partition coefficient (Wildman–Crippen LogP) is 8.47. The summed E-state index contributed by atoms with van der Waals surface area (Å²) in [7, 11) is 0. The number of rotatable bonds is 8. The van der Waals surface area contributed by atoms with Crippen molar-refractivity contribution >= 4 is 22.0 Å². The van der Waals surface area contributed by atoms with Crippen LogP contribution in [-0.4, -0.2) is 47.6 Å². The monoisotopic (exact) mass is 600 g/mol. The van der Waals surface area contributed by atoms with E-state index in [0.29, 0.717) is 0 Å². The molecule has 0 aliphatic carbocycles. The first-order chi connectivity index (χ1) is 14.7. The number of allylic oxidation sites excluding steroid dienone is 1. The molecule has 0 heterocycles. The van der Waals surface area contributed by atoms with E-state index in [-0.39, 0.29) is 10.5 Å². The Hall–Kier alpha value is -1.75. The Morgan fingerprint density at radius 2 is 0.853 bits per heavy atom. The Morgan fingerprint density at radius 1 is 0.500 bits per heavy atom. The molecule has 0 radical (unpaired) electrons. The van der Waals surface area contributed by atoms with Gasteiger partial charge < -0.3 is 0 Å². The van der Waals surface area contributed by atoms with Crippen LogP contribution in [0.4, 0.5) is 74.6 Å². The fourth-order valence-corrected chi connectivity index (χ4v) is 2.50. The molecule has 0 bridgehead atoms. The van der Waals surface area contributed by atoms with Gasteiger partial charge in [-0.05, 0) is 17.7 Å². The molecule has 0 fully saturated rings. The molecular weight excluding hydrogens is 595 g/mol. The van der Waals surface area contributed by atoms with Crippen molar-refractivity contribution < 1.29 is 74.6 Å². The smallest absolute Gasteiger partial charge is 0.195 e. The molecule has 196 valence electrons. The SMILES string of the molecule is FC(F)(F)C(F)(F)C(F)(F)C(F)(F)C(F)(F)C(F)(F)C(F)(F)C(F)(F)/C=C/c1ccccc1Br. The highest BCUT2D eigenvalue weighted by molar-refractivity contribution is 9.10. The first-order valence-corrected chi connectivity index (χ1v) is 8.68. The van der Waals surface area contributed by atoms with Gasteiger partial charge in [-0.2, -0.15) is 74.6 Å². The van der Waals surface area contributed by atoms with Crippen LogP contribution in [0.2, 0.25) is 0 Å². The predicted molar refractivity (Wildman–Crippen MR) is 83.9 cm³/mol. The van der Waals surface area contributed by atoms with Crippen LogP contribution < -0.4 is 0 Å². The molecule has 0 N–H and O–H groups in total. The third-order valence-electron chi connectivity index (χ3n) is 4.12. The van der Waals surface area contributed by atoms with Crippen LogP contribution in [0.25, 0.3) is 6.08 Å². The molecule has 1 rings (SSSR count). The van der Waals surface area contributed by atoms with Crippen LogP contribution in [0.3, 0.4) is 0 Å². The normalized spacial score (nSPS) is 15.8. The molecule has 0 nitrogen and oxygen atoms in total. The highest BCUT2D eigenvalue weighted by Crippen LogP contribution is 2.64. The van der Waals surface area contributed by atoms with E-state index in [0.717, 1.165) is 18.2 Å². The number of hydrogen-bond acceptors (Lipinski definition) is 0. The lowest BCUT2D eigenvalue weighted by molar-refractivity contribution is -0.459. The summed E-state index contributed by atoms with van der Waals surface area (Å²) < 4.78 is 223. The molecular formula is C16H6BrF17. The van der Waals surface area contributed by atoms with E-state index in [1.165, 1.54) is 6.07 Å².